The summed E-state index contributed by atoms with van der Waals surface area (Å²) in [7, 11) is 1.62. The zero-order chi connectivity index (χ0) is 14.3. The van der Waals surface area contributed by atoms with Gasteiger partial charge in [0.15, 0.2) is 0 Å². The van der Waals surface area contributed by atoms with E-state index >= 15 is 0 Å². The molecule has 20 heavy (non-hydrogen) atoms. The highest BCUT2D eigenvalue weighted by Crippen LogP contribution is 2.43. The summed E-state index contributed by atoms with van der Waals surface area (Å²) in [6, 6.07) is 3.81. The Morgan fingerprint density at radius 3 is 2.90 bits per heavy atom. The molecular formula is C14H16Cl2N2O2. The third-order valence-electron chi connectivity index (χ3n) is 4.11. The third-order valence-corrected chi connectivity index (χ3v) is 4.93. The van der Waals surface area contributed by atoms with Gasteiger partial charge in [-0.05, 0) is 18.6 Å². The Morgan fingerprint density at radius 2 is 2.20 bits per heavy atom. The molecule has 0 spiro atoms. The summed E-state index contributed by atoms with van der Waals surface area (Å²) in [4.78, 5) is 13.9. The lowest BCUT2D eigenvalue weighted by Gasteiger charge is -2.29. The van der Waals surface area contributed by atoms with E-state index in [0.29, 0.717) is 23.1 Å². The van der Waals surface area contributed by atoms with Crippen molar-refractivity contribution in [1.29, 1.82) is 0 Å². The van der Waals surface area contributed by atoms with Crippen molar-refractivity contribution in [2.24, 2.45) is 0 Å². The number of hydrogen-bond acceptors (Lipinski definition) is 3. The number of rotatable bonds is 2. The van der Waals surface area contributed by atoms with Gasteiger partial charge in [0.1, 0.15) is 5.75 Å². The zero-order valence-electron chi connectivity index (χ0n) is 11.2. The van der Waals surface area contributed by atoms with Gasteiger partial charge in [-0.15, -0.1) is 0 Å². The largest absolute Gasteiger partial charge is 0.496 e. The summed E-state index contributed by atoms with van der Waals surface area (Å²) in [6.07, 6.45) is 0.884. The molecule has 2 saturated heterocycles. The van der Waals surface area contributed by atoms with Gasteiger partial charge in [-0.3, -0.25) is 4.79 Å². The second kappa shape index (κ2) is 5.43. The van der Waals surface area contributed by atoms with Crippen LogP contribution in [0.25, 0.3) is 0 Å². The number of carbonyl (C=O) groups excluding carboxylic acids is 1. The summed E-state index contributed by atoms with van der Waals surface area (Å²) in [5, 5.41) is 4.21. The van der Waals surface area contributed by atoms with Crippen LogP contribution in [0.2, 0.25) is 10.0 Å². The van der Waals surface area contributed by atoms with Crippen molar-refractivity contribution in [2.75, 3.05) is 26.7 Å². The van der Waals surface area contributed by atoms with E-state index in [-0.39, 0.29) is 17.9 Å². The van der Waals surface area contributed by atoms with E-state index in [9.17, 15) is 4.79 Å². The summed E-state index contributed by atoms with van der Waals surface area (Å²) < 4.78 is 5.41. The summed E-state index contributed by atoms with van der Waals surface area (Å²) in [5.41, 5.74) is 0.920. The Bertz CT molecular complexity index is 550. The third kappa shape index (κ3) is 2.26. The minimum absolute atomic E-state index is 0.154. The number of halogens is 2. The second-order valence-corrected chi connectivity index (χ2v) is 6.03. The molecule has 2 atom stereocenters. The molecule has 0 saturated carbocycles. The number of amides is 1. The van der Waals surface area contributed by atoms with Crippen molar-refractivity contribution in [3.05, 3.63) is 27.7 Å². The van der Waals surface area contributed by atoms with E-state index in [4.69, 9.17) is 27.9 Å². The van der Waals surface area contributed by atoms with Crippen molar-refractivity contribution in [3.63, 3.8) is 0 Å². The first-order valence-electron chi connectivity index (χ1n) is 6.64. The summed E-state index contributed by atoms with van der Waals surface area (Å²) >= 11 is 12.5. The zero-order valence-corrected chi connectivity index (χ0v) is 12.7. The molecular weight excluding hydrogens is 299 g/mol. The maximum Gasteiger partial charge on any atom is 0.236 e. The van der Waals surface area contributed by atoms with Gasteiger partial charge in [0.25, 0.3) is 0 Å². The van der Waals surface area contributed by atoms with E-state index in [2.05, 4.69) is 5.32 Å². The molecule has 0 bridgehead atoms. The molecule has 3 rings (SSSR count). The summed E-state index contributed by atoms with van der Waals surface area (Å²) in [5.74, 6) is 1.07. The lowest BCUT2D eigenvalue weighted by Crippen LogP contribution is -2.51. The van der Waals surface area contributed by atoms with Crippen LogP contribution in [0.15, 0.2) is 12.1 Å². The number of piperazine rings is 1. The quantitative estimate of drug-likeness (QED) is 0.910. The smallest absolute Gasteiger partial charge is 0.236 e. The van der Waals surface area contributed by atoms with Crippen LogP contribution in [0, 0.1) is 0 Å². The molecule has 6 heteroatoms. The number of hydrogen-bond donors (Lipinski definition) is 1. The van der Waals surface area contributed by atoms with Crippen molar-refractivity contribution in [3.8, 4) is 5.75 Å². The first kappa shape index (κ1) is 14.0. The Hall–Kier alpha value is -0.970. The highest BCUT2D eigenvalue weighted by molar-refractivity contribution is 6.42. The molecule has 0 aliphatic carbocycles. The molecule has 108 valence electrons. The minimum atomic E-state index is 0.154. The van der Waals surface area contributed by atoms with Crippen LogP contribution in [0.1, 0.15) is 17.9 Å². The Balaban J connectivity index is 1.94. The highest BCUT2D eigenvalue weighted by atomic mass is 35.5. The first-order chi connectivity index (χ1) is 9.61. The molecule has 2 aliphatic heterocycles. The number of methoxy groups -OCH3 is 1. The highest BCUT2D eigenvalue weighted by Gasteiger charge is 2.39. The molecule has 0 aromatic heterocycles. The number of nitrogens with zero attached hydrogens (tertiary/aromatic N) is 1. The SMILES string of the molecule is COc1ccc(Cl)c(Cl)c1[C@H]1C[C@H]2CNCC(=O)N2C1. The Labute approximate surface area is 128 Å². The van der Waals surface area contributed by atoms with Gasteiger partial charge in [-0.25, -0.2) is 0 Å². The second-order valence-electron chi connectivity index (χ2n) is 5.24. The Kier molecular flexibility index (Phi) is 3.80. The molecule has 1 amide bonds. The van der Waals surface area contributed by atoms with E-state index in [1.54, 1.807) is 13.2 Å². The Morgan fingerprint density at radius 1 is 1.40 bits per heavy atom. The fourth-order valence-corrected chi connectivity index (χ4v) is 3.65. The van der Waals surface area contributed by atoms with E-state index in [0.717, 1.165) is 24.3 Å². The number of benzene rings is 1. The van der Waals surface area contributed by atoms with Crippen molar-refractivity contribution < 1.29 is 9.53 Å². The standard InChI is InChI=1S/C14H16Cl2N2O2/c1-20-11-3-2-10(15)14(16)13(11)8-4-9-5-17-6-12(19)18(9)7-8/h2-3,8-9,17H,4-7H2,1H3/t8-,9-/m0/s1. The van der Waals surface area contributed by atoms with E-state index in [1.807, 2.05) is 11.0 Å². The molecule has 1 aromatic carbocycles. The van der Waals surface area contributed by atoms with Crippen LogP contribution in [0.4, 0.5) is 0 Å². The lowest BCUT2D eigenvalue weighted by atomic mass is 9.95. The fraction of sp³-hybridized carbons (Fsp3) is 0.500. The van der Waals surface area contributed by atoms with Gasteiger partial charge in [-0.2, -0.15) is 0 Å². The molecule has 2 heterocycles. The monoisotopic (exact) mass is 314 g/mol. The lowest BCUT2D eigenvalue weighted by molar-refractivity contribution is -0.133. The van der Waals surface area contributed by atoms with Gasteiger partial charge < -0.3 is 15.0 Å². The van der Waals surface area contributed by atoms with Crippen LogP contribution in [-0.2, 0) is 4.79 Å². The molecule has 0 radical (unpaired) electrons. The topological polar surface area (TPSA) is 41.6 Å². The van der Waals surface area contributed by atoms with Crippen molar-refractivity contribution in [1.82, 2.24) is 10.2 Å². The fourth-order valence-electron chi connectivity index (χ4n) is 3.18. The van der Waals surface area contributed by atoms with Crippen LogP contribution >= 0.6 is 23.2 Å². The molecule has 4 nitrogen and oxygen atoms in total. The summed E-state index contributed by atoms with van der Waals surface area (Å²) in [6.45, 7) is 1.94. The van der Waals surface area contributed by atoms with Crippen LogP contribution in [-0.4, -0.2) is 43.6 Å². The maximum atomic E-state index is 11.9. The van der Waals surface area contributed by atoms with E-state index < -0.39 is 0 Å². The van der Waals surface area contributed by atoms with Crippen molar-refractivity contribution >= 4 is 29.1 Å². The number of ether oxygens (including phenoxy) is 1. The molecule has 0 unspecified atom stereocenters. The first-order valence-corrected chi connectivity index (χ1v) is 7.39. The molecule has 2 fully saturated rings. The van der Waals surface area contributed by atoms with Crippen LogP contribution in [0.5, 0.6) is 5.75 Å². The molecule has 2 aliphatic rings. The van der Waals surface area contributed by atoms with Crippen molar-refractivity contribution in [2.45, 2.75) is 18.4 Å². The van der Waals surface area contributed by atoms with Gasteiger partial charge in [-0.1, -0.05) is 23.2 Å². The number of carbonyl (C=O) groups is 1. The number of fused-ring (bicyclic) bond motifs is 1. The average Bonchev–Trinajstić information content (AvgIpc) is 2.86. The van der Waals surface area contributed by atoms with Gasteiger partial charge in [0.2, 0.25) is 5.91 Å². The average molecular weight is 315 g/mol. The molecule has 1 N–H and O–H groups in total. The predicted octanol–water partition coefficient (Wildman–Crippen LogP) is 2.29. The normalized spacial score (nSPS) is 25.8. The maximum absolute atomic E-state index is 11.9. The van der Waals surface area contributed by atoms with Crippen LogP contribution < -0.4 is 10.1 Å². The molecule has 1 aromatic rings. The number of nitrogens with one attached hydrogen (secondary N) is 1. The minimum Gasteiger partial charge on any atom is -0.496 e. The van der Waals surface area contributed by atoms with Crippen LogP contribution in [0.3, 0.4) is 0 Å². The predicted molar refractivity (Wildman–Crippen MR) is 78.7 cm³/mol. The van der Waals surface area contributed by atoms with Gasteiger partial charge >= 0.3 is 0 Å². The van der Waals surface area contributed by atoms with E-state index in [1.165, 1.54) is 0 Å². The van der Waals surface area contributed by atoms with Gasteiger partial charge in [0.05, 0.1) is 23.7 Å². The van der Waals surface area contributed by atoms with Gasteiger partial charge in [0, 0.05) is 30.6 Å².